The number of hydrogen-bond acceptors (Lipinski definition) is 4. The number of fused-ring (bicyclic) bond motifs is 5. The van der Waals surface area contributed by atoms with Crippen LogP contribution in [-0.4, -0.2) is 23.0 Å². The number of allylic oxidation sites excluding steroid dienone is 2. The molecule has 2 bridgehead atoms. The van der Waals surface area contributed by atoms with Crippen LogP contribution >= 0.6 is 23.2 Å². The van der Waals surface area contributed by atoms with Gasteiger partial charge in [-0.3, -0.25) is 9.59 Å². The zero-order valence-corrected chi connectivity index (χ0v) is 17.4. The maximum Gasteiger partial charge on any atom is 0.254 e. The molecule has 1 aliphatic heterocycles. The van der Waals surface area contributed by atoms with Crippen molar-refractivity contribution in [3.63, 3.8) is 0 Å². The highest BCUT2D eigenvalue weighted by atomic mass is 35.5. The first-order chi connectivity index (χ1) is 14.5. The fourth-order valence-corrected chi connectivity index (χ4v) is 5.05. The molecule has 0 radical (unpaired) electrons. The largest absolute Gasteiger partial charge is 0.488 e. The van der Waals surface area contributed by atoms with Crippen LogP contribution in [0.25, 0.3) is 0 Å². The minimum absolute atomic E-state index is 0.152. The van der Waals surface area contributed by atoms with E-state index in [1.807, 2.05) is 18.2 Å². The smallest absolute Gasteiger partial charge is 0.254 e. The molecule has 2 aliphatic carbocycles. The first-order valence-electron chi connectivity index (χ1n) is 9.78. The molecule has 0 spiro atoms. The summed E-state index contributed by atoms with van der Waals surface area (Å²) in [5, 5.41) is 6.38. The Bertz CT molecular complexity index is 1070. The van der Waals surface area contributed by atoms with E-state index in [9.17, 15) is 9.59 Å². The van der Waals surface area contributed by atoms with E-state index in [2.05, 4.69) is 17.3 Å². The summed E-state index contributed by atoms with van der Waals surface area (Å²) in [5.74, 6) is -0.142. The van der Waals surface area contributed by atoms with Gasteiger partial charge in [0.25, 0.3) is 11.8 Å². The summed E-state index contributed by atoms with van der Waals surface area (Å²) in [6.45, 7) is 0.309. The fourth-order valence-electron chi connectivity index (χ4n) is 4.66. The molecule has 2 fully saturated rings. The van der Waals surface area contributed by atoms with Crippen molar-refractivity contribution in [3.8, 4) is 5.75 Å². The van der Waals surface area contributed by atoms with E-state index in [1.54, 1.807) is 24.3 Å². The second-order valence-electron chi connectivity index (χ2n) is 7.83. The van der Waals surface area contributed by atoms with Gasteiger partial charge in [-0.15, -0.1) is 0 Å². The van der Waals surface area contributed by atoms with Gasteiger partial charge < -0.3 is 4.74 Å². The van der Waals surface area contributed by atoms with Crippen LogP contribution in [0, 0.1) is 23.7 Å². The molecule has 1 saturated carbocycles. The first-order valence-corrected chi connectivity index (χ1v) is 10.5. The molecule has 152 valence electrons. The fraction of sp³-hybridized carbons (Fsp3) is 0.261. The Morgan fingerprint density at radius 2 is 1.70 bits per heavy atom. The van der Waals surface area contributed by atoms with Crippen molar-refractivity contribution in [3.05, 3.63) is 75.8 Å². The van der Waals surface area contributed by atoms with Gasteiger partial charge in [0.05, 0.1) is 18.1 Å². The summed E-state index contributed by atoms with van der Waals surface area (Å²) >= 11 is 12.2. The third kappa shape index (κ3) is 3.32. The molecule has 4 atom stereocenters. The molecule has 2 aromatic rings. The van der Waals surface area contributed by atoms with Gasteiger partial charge in [0.15, 0.2) is 0 Å². The molecule has 5 rings (SSSR count). The number of hydrazone groups is 1. The second-order valence-corrected chi connectivity index (χ2v) is 8.71. The molecule has 7 heteroatoms. The topological polar surface area (TPSA) is 59.0 Å². The molecule has 0 N–H and O–H groups in total. The summed E-state index contributed by atoms with van der Waals surface area (Å²) in [6.07, 6.45) is 6.47. The SMILES string of the molecule is O=C1[C@H]2[C@H](C(=O)N1/N=C\c1cc(Cl)ccc1OCc1cccc(Cl)c1)[C@H]1C=C[C@H]2C1. The average Bonchev–Trinajstić information content (AvgIpc) is 3.40. The van der Waals surface area contributed by atoms with Gasteiger partial charge >= 0.3 is 0 Å². The predicted octanol–water partition coefficient (Wildman–Crippen LogP) is 4.71. The maximum absolute atomic E-state index is 12.8. The normalized spacial score (nSPS) is 26.8. The zero-order valence-electron chi connectivity index (χ0n) is 15.9. The van der Waals surface area contributed by atoms with E-state index >= 15 is 0 Å². The molecule has 2 aromatic carbocycles. The molecule has 1 heterocycles. The summed E-state index contributed by atoms with van der Waals surface area (Å²) in [6, 6.07) is 12.5. The van der Waals surface area contributed by atoms with Crippen LogP contribution in [0.2, 0.25) is 10.0 Å². The first kappa shape index (κ1) is 19.3. The van der Waals surface area contributed by atoms with E-state index in [0.717, 1.165) is 17.0 Å². The number of rotatable bonds is 5. The van der Waals surface area contributed by atoms with Crippen LogP contribution in [0.5, 0.6) is 5.75 Å². The van der Waals surface area contributed by atoms with Crippen molar-refractivity contribution < 1.29 is 14.3 Å². The summed E-state index contributed by atoms with van der Waals surface area (Å²) in [4.78, 5) is 25.6. The standard InChI is InChI=1S/C23H18Cl2N2O3/c24-17-3-1-2-13(8-17)12-30-19-7-6-18(25)10-16(19)11-26-27-22(28)20-14-4-5-15(9-14)21(20)23(27)29/h1-8,10-11,14-15,20-21H,9,12H2/b26-11-/t14-,15-,20+,21+/m0/s1. The number of ether oxygens (including phenoxy) is 1. The van der Waals surface area contributed by atoms with Gasteiger partial charge in [-0.05, 0) is 54.2 Å². The number of halogens is 2. The van der Waals surface area contributed by atoms with E-state index in [1.165, 1.54) is 6.21 Å². The van der Waals surface area contributed by atoms with E-state index in [-0.39, 0.29) is 35.5 Å². The highest BCUT2D eigenvalue weighted by Gasteiger charge is 2.59. The third-order valence-electron chi connectivity index (χ3n) is 6.01. The summed E-state index contributed by atoms with van der Waals surface area (Å²) in [5.41, 5.74) is 1.50. The maximum atomic E-state index is 12.8. The van der Waals surface area contributed by atoms with Gasteiger partial charge in [0, 0.05) is 15.6 Å². The van der Waals surface area contributed by atoms with Crippen LogP contribution in [-0.2, 0) is 16.2 Å². The number of benzene rings is 2. The molecule has 3 aliphatic rings. The van der Waals surface area contributed by atoms with Gasteiger partial charge in [0.1, 0.15) is 12.4 Å². The molecule has 1 saturated heterocycles. The molecule has 5 nitrogen and oxygen atoms in total. The lowest BCUT2D eigenvalue weighted by atomic mass is 9.85. The lowest BCUT2D eigenvalue weighted by Gasteiger charge is -2.13. The van der Waals surface area contributed by atoms with E-state index in [4.69, 9.17) is 27.9 Å². The van der Waals surface area contributed by atoms with Gasteiger partial charge in [-0.1, -0.05) is 47.5 Å². The van der Waals surface area contributed by atoms with Crippen molar-refractivity contribution in [1.82, 2.24) is 5.01 Å². The van der Waals surface area contributed by atoms with Crippen LogP contribution < -0.4 is 4.74 Å². The second kappa shape index (κ2) is 7.56. The highest BCUT2D eigenvalue weighted by Crippen LogP contribution is 2.52. The number of carbonyl (C=O) groups excluding carboxylic acids is 2. The Hall–Kier alpha value is -2.63. The van der Waals surface area contributed by atoms with E-state index in [0.29, 0.717) is 28.0 Å². The number of amides is 2. The monoisotopic (exact) mass is 440 g/mol. The van der Waals surface area contributed by atoms with Crippen molar-refractivity contribution in [1.29, 1.82) is 0 Å². The molecule has 0 aromatic heterocycles. The minimum Gasteiger partial charge on any atom is -0.488 e. The zero-order chi connectivity index (χ0) is 20.8. The van der Waals surface area contributed by atoms with Crippen LogP contribution in [0.1, 0.15) is 17.5 Å². The molecular formula is C23H18Cl2N2O3. The third-order valence-corrected chi connectivity index (χ3v) is 6.48. The van der Waals surface area contributed by atoms with Crippen molar-refractivity contribution in [2.24, 2.45) is 28.8 Å². The van der Waals surface area contributed by atoms with Gasteiger partial charge in [0.2, 0.25) is 0 Å². The Morgan fingerprint density at radius 1 is 1.00 bits per heavy atom. The lowest BCUT2D eigenvalue weighted by Crippen LogP contribution is -2.28. The van der Waals surface area contributed by atoms with Gasteiger partial charge in [-0.2, -0.15) is 10.1 Å². The Morgan fingerprint density at radius 3 is 2.40 bits per heavy atom. The molecular weight excluding hydrogens is 423 g/mol. The van der Waals surface area contributed by atoms with E-state index < -0.39 is 0 Å². The molecule has 30 heavy (non-hydrogen) atoms. The number of nitrogens with zero attached hydrogens (tertiary/aromatic N) is 2. The highest BCUT2D eigenvalue weighted by molar-refractivity contribution is 6.31. The van der Waals surface area contributed by atoms with Crippen molar-refractivity contribution in [2.45, 2.75) is 13.0 Å². The number of imide groups is 1. The quantitative estimate of drug-likeness (QED) is 0.384. The van der Waals surface area contributed by atoms with Crippen molar-refractivity contribution >= 4 is 41.2 Å². The molecule has 0 unspecified atom stereocenters. The van der Waals surface area contributed by atoms with Crippen LogP contribution in [0.4, 0.5) is 0 Å². The number of hydrogen-bond donors (Lipinski definition) is 0. The molecule has 2 amide bonds. The summed E-state index contributed by atoms with van der Waals surface area (Å²) < 4.78 is 5.91. The Balaban J connectivity index is 1.36. The predicted molar refractivity (Wildman–Crippen MR) is 114 cm³/mol. The van der Waals surface area contributed by atoms with Gasteiger partial charge in [-0.25, -0.2) is 0 Å². The Labute approximate surface area is 183 Å². The summed E-state index contributed by atoms with van der Waals surface area (Å²) in [7, 11) is 0. The van der Waals surface area contributed by atoms with Crippen LogP contribution in [0.15, 0.2) is 59.7 Å². The number of carbonyl (C=O) groups is 2. The average molecular weight is 441 g/mol. The van der Waals surface area contributed by atoms with Crippen molar-refractivity contribution in [2.75, 3.05) is 0 Å². The minimum atomic E-state index is -0.275. The Kier molecular flexibility index (Phi) is 4.88. The lowest BCUT2D eigenvalue weighted by molar-refractivity contribution is -0.140. The van der Waals surface area contributed by atoms with Crippen LogP contribution in [0.3, 0.4) is 0 Å².